The van der Waals surface area contributed by atoms with Crippen LogP contribution >= 0.6 is 0 Å². The zero-order valence-corrected chi connectivity index (χ0v) is 47.7. The Labute approximate surface area is 447 Å². The van der Waals surface area contributed by atoms with Gasteiger partial charge in [0.15, 0.2) is 6.10 Å². The van der Waals surface area contributed by atoms with Crippen LogP contribution in [-0.2, 0) is 19.1 Å². The van der Waals surface area contributed by atoms with Gasteiger partial charge in [0.1, 0.15) is 6.61 Å². The maximum Gasteiger partial charge on any atom is 0.306 e. The van der Waals surface area contributed by atoms with E-state index in [9.17, 15) is 14.7 Å². The van der Waals surface area contributed by atoms with E-state index in [1.54, 1.807) is 0 Å². The van der Waals surface area contributed by atoms with Gasteiger partial charge in [-0.05, 0) is 70.6 Å². The molecule has 0 spiro atoms. The van der Waals surface area contributed by atoms with Crippen molar-refractivity contribution in [2.45, 2.75) is 315 Å². The van der Waals surface area contributed by atoms with Crippen molar-refractivity contribution in [3.8, 4) is 0 Å². The van der Waals surface area contributed by atoms with Gasteiger partial charge in [-0.25, -0.2) is 0 Å². The van der Waals surface area contributed by atoms with Crippen molar-refractivity contribution in [2.24, 2.45) is 0 Å². The van der Waals surface area contributed by atoms with E-state index in [1.807, 2.05) is 0 Å². The monoisotopic (exact) mass is 1000 g/mol. The molecular formula is C67H118O5. The highest BCUT2D eigenvalue weighted by atomic mass is 16.6. The summed E-state index contributed by atoms with van der Waals surface area (Å²) in [5, 5.41) is 9.68. The predicted octanol–water partition coefficient (Wildman–Crippen LogP) is 21.3. The van der Waals surface area contributed by atoms with Crippen LogP contribution in [0.1, 0.15) is 309 Å². The highest BCUT2D eigenvalue weighted by molar-refractivity contribution is 5.70. The fourth-order valence-corrected chi connectivity index (χ4v) is 9.07. The molecule has 0 saturated heterocycles. The summed E-state index contributed by atoms with van der Waals surface area (Å²) in [6.45, 7) is 4.06. The Kier molecular flexibility index (Phi) is 59.8. The van der Waals surface area contributed by atoms with Gasteiger partial charge in [-0.3, -0.25) is 9.59 Å². The molecule has 0 aliphatic carbocycles. The Bertz CT molecular complexity index is 1320. The van der Waals surface area contributed by atoms with Crippen LogP contribution in [0.2, 0.25) is 0 Å². The molecule has 0 radical (unpaired) electrons. The minimum atomic E-state index is -0.775. The fraction of sp³-hybridized carbons (Fsp3) is 0.761. The van der Waals surface area contributed by atoms with Crippen molar-refractivity contribution in [1.82, 2.24) is 0 Å². The summed E-state index contributed by atoms with van der Waals surface area (Å²) in [5.41, 5.74) is 0. The van der Waals surface area contributed by atoms with Crippen molar-refractivity contribution in [1.29, 1.82) is 0 Å². The number of hydrogen-bond acceptors (Lipinski definition) is 5. The first kappa shape index (κ1) is 69.1. The lowest BCUT2D eigenvalue weighted by atomic mass is 10.0. The predicted molar refractivity (Wildman–Crippen MR) is 316 cm³/mol. The Hall–Kier alpha value is -2.92. The van der Waals surface area contributed by atoms with E-state index in [2.05, 4.69) is 98.9 Å². The topological polar surface area (TPSA) is 72.8 Å². The summed E-state index contributed by atoms with van der Waals surface area (Å²) < 4.78 is 10.7. The average molecular weight is 1000 g/mol. The normalized spacial score (nSPS) is 12.8. The molecule has 1 atom stereocenters. The van der Waals surface area contributed by atoms with Crippen molar-refractivity contribution < 1.29 is 24.2 Å². The Balaban J connectivity index is 3.48. The molecule has 0 aromatic heterocycles. The van der Waals surface area contributed by atoms with Gasteiger partial charge in [0.05, 0.1) is 6.61 Å². The first-order valence-corrected chi connectivity index (χ1v) is 31.1. The Morgan fingerprint density at radius 2 is 0.597 bits per heavy atom. The van der Waals surface area contributed by atoms with Crippen molar-refractivity contribution in [3.63, 3.8) is 0 Å². The van der Waals surface area contributed by atoms with Crippen LogP contribution in [0.4, 0.5) is 0 Å². The van der Waals surface area contributed by atoms with Crippen LogP contribution < -0.4 is 0 Å². The van der Waals surface area contributed by atoms with Gasteiger partial charge in [-0.1, -0.05) is 311 Å². The third-order valence-electron chi connectivity index (χ3n) is 13.7. The van der Waals surface area contributed by atoms with E-state index in [0.717, 1.165) is 83.5 Å². The fourth-order valence-electron chi connectivity index (χ4n) is 9.07. The molecule has 0 rings (SSSR count). The second kappa shape index (κ2) is 62.4. The molecule has 0 aliphatic rings. The van der Waals surface area contributed by atoms with Crippen LogP contribution in [0.5, 0.6) is 0 Å². The summed E-state index contributed by atoms with van der Waals surface area (Å²) in [5.74, 6) is -0.579. The second-order valence-corrected chi connectivity index (χ2v) is 20.8. The number of carbonyl (C=O) groups is 2. The smallest absolute Gasteiger partial charge is 0.306 e. The highest BCUT2D eigenvalue weighted by Gasteiger charge is 2.16. The molecule has 5 nitrogen and oxygen atoms in total. The van der Waals surface area contributed by atoms with Crippen LogP contribution in [-0.4, -0.2) is 36.4 Å². The molecule has 0 heterocycles. The number of esters is 2. The maximum absolute atomic E-state index is 12.3. The SMILES string of the molecule is CC/C=C\C/C=C\C/C=C\C/C=C\C/C=C\C/C=C\C/C=C\CCCCCCCCCCCCCCCC(=O)OC(CO)COC(=O)CCCCCCCCCCCCCCCCCCCCCCCCC. The van der Waals surface area contributed by atoms with Gasteiger partial charge < -0.3 is 14.6 Å². The second-order valence-electron chi connectivity index (χ2n) is 20.8. The number of aliphatic hydroxyl groups excluding tert-OH is 1. The third-order valence-corrected chi connectivity index (χ3v) is 13.7. The molecule has 72 heavy (non-hydrogen) atoms. The molecule has 1 unspecified atom stereocenters. The van der Waals surface area contributed by atoms with Crippen molar-refractivity contribution in [3.05, 3.63) is 85.1 Å². The van der Waals surface area contributed by atoms with Gasteiger partial charge in [0.2, 0.25) is 0 Å². The average Bonchev–Trinajstić information content (AvgIpc) is 3.38. The van der Waals surface area contributed by atoms with Gasteiger partial charge in [-0.15, -0.1) is 0 Å². The number of aliphatic hydroxyl groups is 1. The minimum absolute atomic E-state index is 0.0646. The number of hydrogen-bond donors (Lipinski definition) is 1. The number of carbonyl (C=O) groups excluding carboxylic acids is 2. The molecule has 416 valence electrons. The van der Waals surface area contributed by atoms with E-state index in [0.29, 0.717) is 12.8 Å². The van der Waals surface area contributed by atoms with Gasteiger partial charge in [0.25, 0.3) is 0 Å². The zero-order chi connectivity index (χ0) is 52.0. The number of allylic oxidation sites excluding steroid dienone is 14. The molecule has 0 amide bonds. The van der Waals surface area contributed by atoms with E-state index in [4.69, 9.17) is 9.47 Å². The third kappa shape index (κ3) is 59.6. The van der Waals surface area contributed by atoms with Crippen LogP contribution in [0.3, 0.4) is 0 Å². The van der Waals surface area contributed by atoms with Gasteiger partial charge in [0, 0.05) is 12.8 Å². The summed E-state index contributed by atoms with van der Waals surface area (Å²) in [6.07, 6.45) is 87.2. The van der Waals surface area contributed by atoms with E-state index >= 15 is 0 Å². The highest BCUT2D eigenvalue weighted by Crippen LogP contribution is 2.17. The molecule has 5 heteroatoms. The minimum Gasteiger partial charge on any atom is -0.462 e. The number of ether oxygens (including phenoxy) is 2. The molecule has 1 N–H and O–H groups in total. The van der Waals surface area contributed by atoms with Crippen molar-refractivity contribution in [2.75, 3.05) is 13.2 Å². The lowest BCUT2D eigenvalue weighted by molar-refractivity contribution is -0.161. The molecule has 0 aromatic rings. The van der Waals surface area contributed by atoms with Gasteiger partial charge in [-0.2, -0.15) is 0 Å². The standard InChI is InChI=1S/C67H118O5/c1-3-5-7-9-11-13-15-17-19-21-23-25-27-28-29-30-31-32-33-34-35-36-37-38-40-42-44-46-48-50-52-54-56-58-60-62-67(70)72-65(63-68)64-71-66(69)61-59-57-55-53-51-49-47-45-43-41-39-26-24-22-20-18-16-14-12-10-8-6-4-2/h5,7,11,13,17,19,23,25,28-29,31-32,34-35,65,68H,3-4,6,8-10,12,14-16,18,20-22,24,26-27,30,33,36-64H2,1-2H3/b7-5-,13-11-,19-17-,25-23-,29-28-,32-31-,35-34-. The summed E-state index contributed by atoms with van der Waals surface area (Å²) in [4.78, 5) is 24.6. The quantitative estimate of drug-likeness (QED) is 0.0373. The lowest BCUT2D eigenvalue weighted by Crippen LogP contribution is -2.28. The largest absolute Gasteiger partial charge is 0.462 e. The molecule has 0 bridgehead atoms. The summed E-state index contributed by atoms with van der Waals surface area (Å²) in [6, 6.07) is 0. The van der Waals surface area contributed by atoms with E-state index in [-0.39, 0.29) is 25.2 Å². The lowest BCUT2D eigenvalue weighted by Gasteiger charge is -2.15. The molecule has 0 fully saturated rings. The molecule has 0 aliphatic heterocycles. The molecule has 0 aromatic carbocycles. The summed E-state index contributed by atoms with van der Waals surface area (Å²) >= 11 is 0. The van der Waals surface area contributed by atoms with Crippen LogP contribution in [0.25, 0.3) is 0 Å². The van der Waals surface area contributed by atoms with Gasteiger partial charge >= 0.3 is 11.9 Å². The summed E-state index contributed by atoms with van der Waals surface area (Å²) in [7, 11) is 0. The van der Waals surface area contributed by atoms with E-state index in [1.165, 1.54) is 199 Å². The first-order valence-electron chi connectivity index (χ1n) is 31.1. The Morgan fingerprint density at radius 1 is 0.333 bits per heavy atom. The zero-order valence-electron chi connectivity index (χ0n) is 47.7. The first-order chi connectivity index (χ1) is 35.6. The molecular weight excluding hydrogens is 885 g/mol. The number of unbranched alkanes of at least 4 members (excludes halogenated alkanes) is 35. The molecule has 0 saturated carbocycles. The maximum atomic E-state index is 12.3. The van der Waals surface area contributed by atoms with Crippen LogP contribution in [0.15, 0.2) is 85.1 Å². The Morgan fingerprint density at radius 3 is 0.903 bits per heavy atom. The van der Waals surface area contributed by atoms with E-state index < -0.39 is 6.10 Å². The van der Waals surface area contributed by atoms with Crippen molar-refractivity contribution >= 4 is 11.9 Å². The number of rotatable bonds is 57. The van der Waals surface area contributed by atoms with Crippen LogP contribution in [0, 0.1) is 0 Å².